The van der Waals surface area contributed by atoms with E-state index in [2.05, 4.69) is 35.6 Å². The number of amides is 2. The van der Waals surface area contributed by atoms with Gasteiger partial charge in [-0.25, -0.2) is 4.90 Å². The highest BCUT2D eigenvalue weighted by molar-refractivity contribution is 9.12. The third kappa shape index (κ3) is 5.78. The molecular weight excluding hydrogens is 548 g/mol. The summed E-state index contributed by atoms with van der Waals surface area (Å²) >= 11 is 9.91. The fourth-order valence-corrected chi connectivity index (χ4v) is 5.52. The number of carbonyl (C=O) groups excluding carboxylic acids is 2. The highest BCUT2D eigenvalue weighted by Crippen LogP contribution is 2.39. The predicted octanol–water partition coefficient (Wildman–Crippen LogP) is 6.26. The molecule has 2 heterocycles. The molecule has 4 rings (SSSR count). The standard InChI is InChI=1S/C26H28BrClN2O4Si/c1-35(2,3)13-12-33-16-29-14-20(19-10-7-11-21(28)24(19)29)22-23(27)26(32)30(25(22)31)17-34-15-18-8-5-4-6-9-18/h4-11,14H,12-13,15-17H2,1-3H3. The van der Waals surface area contributed by atoms with Crippen LogP contribution in [-0.2, 0) is 32.4 Å². The summed E-state index contributed by atoms with van der Waals surface area (Å²) in [5.74, 6) is -0.832. The monoisotopic (exact) mass is 574 g/mol. The second kappa shape index (κ2) is 10.8. The summed E-state index contributed by atoms with van der Waals surface area (Å²) in [6, 6.07) is 16.2. The molecule has 1 aromatic heterocycles. The van der Waals surface area contributed by atoms with E-state index in [0.717, 1.165) is 27.4 Å². The maximum absolute atomic E-state index is 13.3. The number of rotatable bonds is 10. The second-order valence-electron chi connectivity index (χ2n) is 9.69. The number of carbonyl (C=O) groups is 2. The van der Waals surface area contributed by atoms with Crippen molar-refractivity contribution in [3.05, 3.63) is 75.4 Å². The summed E-state index contributed by atoms with van der Waals surface area (Å²) < 4.78 is 13.7. The van der Waals surface area contributed by atoms with E-state index in [1.807, 2.05) is 53.2 Å². The number of hydrogen-bond acceptors (Lipinski definition) is 4. The summed E-state index contributed by atoms with van der Waals surface area (Å²) in [6.07, 6.45) is 1.83. The quantitative estimate of drug-likeness (QED) is 0.163. The molecule has 2 aromatic carbocycles. The molecule has 0 aliphatic carbocycles. The van der Waals surface area contributed by atoms with E-state index in [-0.39, 0.29) is 11.2 Å². The number of benzene rings is 2. The minimum atomic E-state index is -1.22. The Morgan fingerprint density at radius 2 is 1.69 bits per heavy atom. The average molecular weight is 576 g/mol. The van der Waals surface area contributed by atoms with Crippen molar-refractivity contribution in [1.29, 1.82) is 0 Å². The maximum Gasteiger partial charge on any atom is 0.270 e. The largest absolute Gasteiger partial charge is 0.361 e. The van der Waals surface area contributed by atoms with E-state index in [1.165, 1.54) is 0 Å². The predicted molar refractivity (Wildman–Crippen MR) is 145 cm³/mol. The van der Waals surface area contributed by atoms with Crippen LogP contribution >= 0.6 is 27.5 Å². The van der Waals surface area contributed by atoms with Crippen LogP contribution in [-0.4, -0.2) is 42.7 Å². The van der Waals surface area contributed by atoms with Crippen LogP contribution in [0.4, 0.5) is 0 Å². The van der Waals surface area contributed by atoms with Crippen molar-refractivity contribution in [1.82, 2.24) is 9.47 Å². The summed E-state index contributed by atoms with van der Waals surface area (Å²) in [4.78, 5) is 27.4. The first-order chi connectivity index (χ1) is 16.7. The molecule has 2 amide bonds. The third-order valence-corrected chi connectivity index (χ3v) is 8.53. The molecule has 0 fully saturated rings. The molecule has 0 unspecified atom stereocenters. The molecule has 0 radical (unpaired) electrons. The summed E-state index contributed by atoms with van der Waals surface area (Å²) in [5.41, 5.74) is 2.66. The Morgan fingerprint density at radius 1 is 0.943 bits per heavy atom. The van der Waals surface area contributed by atoms with Crippen LogP contribution in [0.5, 0.6) is 0 Å². The van der Waals surface area contributed by atoms with Gasteiger partial charge < -0.3 is 14.0 Å². The molecule has 3 aromatic rings. The van der Waals surface area contributed by atoms with E-state index >= 15 is 0 Å². The summed E-state index contributed by atoms with van der Waals surface area (Å²) in [6.45, 7) is 8.04. The van der Waals surface area contributed by atoms with E-state index in [9.17, 15) is 9.59 Å². The first kappa shape index (κ1) is 25.8. The van der Waals surface area contributed by atoms with Crippen molar-refractivity contribution in [2.75, 3.05) is 13.3 Å². The zero-order valence-electron chi connectivity index (χ0n) is 20.0. The number of imide groups is 1. The first-order valence-corrected chi connectivity index (χ1v) is 16.3. The molecule has 9 heteroatoms. The van der Waals surface area contributed by atoms with Gasteiger partial charge in [0.1, 0.15) is 13.5 Å². The molecule has 1 aliphatic rings. The lowest BCUT2D eigenvalue weighted by molar-refractivity contribution is -0.143. The molecule has 184 valence electrons. The van der Waals surface area contributed by atoms with Crippen molar-refractivity contribution in [2.24, 2.45) is 0 Å². The molecule has 1 aliphatic heterocycles. The van der Waals surface area contributed by atoms with E-state index in [0.29, 0.717) is 36.1 Å². The Bertz CT molecular complexity index is 1280. The fraction of sp³-hybridized carbons (Fsp3) is 0.308. The zero-order chi connectivity index (χ0) is 25.2. The number of nitrogens with zero attached hydrogens (tertiary/aromatic N) is 2. The van der Waals surface area contributed by atoms with Gasteiger partial charge in [0.2, 0.25) is 0 Å². The van der Waals surface area contributed by atoms with Crippen LogP contribution in [0.1, 0.15) is 11.1 Å². The van der Waals surface area contributed by atoms with Gasteiger partial charge in [-0.2, -0.15) is 0 Å². The SMILES string of the molecule is C[Si](C)(C)CCOCn1cc(C2=C(Br)C(=O)N(COCc3ccccc3)C2=O)c2cccc(Cl)c21. The summed E-state index contributed by atoms with van der Waals surface area (Å²) in [5, 5.41) is 1.34. The molecule has 0 bridgehead atoms. The van der Waals surface area contributed by atoms with Gasteiger partial charge in [0.15, 0.2) is 0 Å². The van der Waals surface area contributed by atoms with Crippen molar-refractivity contribution in [3.8, 4) is 0 Å². The van der Waals surface area contributed by atoms with Gasteiger partial charge in [0.05, 0.1) is 27.2 Å². The van der Waals surface area contributed by atoms with Crippen LogP contribution in [0.2, 0.25) is 30.7 Å². The van der Waals surface area contributed by atoms with Gasteiger partial charge in [-0.15, -0.1) is 0 Å². The van der Waals surface area contributed by atoms with E-state index < -0.39 is 19.9 Å². The van der Waals surface area contributed by atoms with Crippen LogP contribution in [0, 0.1) is 0 Å². The van der Waals surface area contributed by atoms with Crippen molar-refractivity contribution in [2.45, 2.75) is 39.0 Å². The minimum Gasteiger partial charge on any atom is -0.361 e. The maximum atomic E-state index is 13.3. The summed E-state index contributed by atoms with van der Waals surface area (Å²) in [7, 11) is -1.22. The topological polar surface area (TPSA) is 60.8 Å². The van der Waals surface area contributed by atoms with E-state index in [1.54, 1.807) is 6.07 Å². The number of halogens is 2. The van der Waals surface area contributed by atoms with Gasteiger partial charge in [-0.05, 0) is 33.6 Å². The first-order valence-electron chi connectivity index (χ1n) is 11.4. The van der Waals surface area contributed by atoms with Crippen molar-refractivity contribution in [3.63, 3.8) is 0 Å². The van der Waals surface area contributed by atoms with E-state index in [4.69, 9.17) is 21.1 Å². The van der Waals surface area contributed by atoms with Crippen LogP contribution in [0.15, 0.2) is 59.2 Å². The lowest BCUT2D eigenvalue weighted by Gasteiger charge is -2.16. The smallest absolute Gasteiger partial charge is 0.270 e. The number of fused-ring (bicyclic) bond motifs is 1. The van der Waals surface area contributed by atoms with Crippen LogP contribution in [0.25, 0.3) is 16.5 Å². The number of ether oxygens (including phenoxy) is 2. The number of aromatic nitrogens is 1. The second-order valence-corrected chi connectivity index (χ2v) is 16.5. The Morgan fingerprint density at radius 3 is 2.40 bits per heavy atom. The lowest BCUT2D eigenvalue weighted by atomic mass is 10.1. The molecule has 0 saturated carbocycles. The van der Waals surface area contributed by atoms with Crippen LogP contribution in [0.3, 0.4) is 0 Å². The zero-order valence-corrected chi connectivity index (χ0v) is 23.4. The van der Waals surface area contributed by atoms with Gasteiger partial charge in [-0.1, -0.05) is 73.7 Å². The Balaban J connectivity index is 1.56. The lowest BCUT2D eigenvalue weighted by Crippen LogP contribution is -2.33. The third-order valence-electron chi connectivity index (χ3n) is 5.79. The van der Waals surface area contributed by atoms with Gasteiger partial charge in [-0.3, -0.25) is 9.59 Å². The molecule has 0 saturated heterocycles. The average Bonchev–Trinajstić information content (AvgIpc) is 3.27. The minimum absolute atomic E-state index is 0.135. The molecule has 0 atom stereocenters. The van der Waals surface area contributed by atoms with Gasteiger partial charge in [0.25, 0.3) is 11.8 Å². The van der Waals surface area contributed by atoms with Crippen molar-refractivity contribution < 1.29 is 19.1 Å². The number of para-hydroxylation sites is 1. The normalized spacial score (nSPS) is 14.6. The Hall–Kier alpha value is -2.23. The fourth-order valence-electron chi connectivity index (χ4n) is 3.88. The van der Waals surface area contributed by atoms with Gasteiger partial charge >= 0.3 is 0 Å². The highest BCUT2D eigenvalue weighted by atomic mass is 79.9. The highest BCUT2D eigenvalue weighted by Gasteiger charge is 2.39. The Labute approximate surface area is 219 Å². The molecular formula is C26H28BrClN2O4Si. The molecule has 35 heavy (non-hydrogen) atoms. The molecule has 6 nitrogen and oxygen atoms in total. The molecule has 0 spiro atoms. The number of hydrogen-bond donors (Lipinski definition) is 0. The van der Waals surface area contributed by atoms with Crippen molar-refractivity contribution >= 4 is 63.9 Å². The van der Waals surface area contributed by atoms with Gasteiger partial charge in [0, 0.05) is 31.8 Å². The Kier molecular flexibility index (Phi) is 7.98. The van der Waals surface area contributed by atoms with Crippen LogP contribution < -0.4 is 0 Å². The molecule has 0 N–H and O–H groups in total.